The Hall–Kier alpha value is -2.18. The van der Waals surface area contributed by atoms with E-state index in [1.165, 1.54) is 12.4 Å². The fourth-order valence-corrected chi connectivity index (χ4v) is 2.36. The molecule has 1 aliphatic carbocycles. The van der Waals surface area contributed by atoms with Crippen LogP contribution >= 0.6 is 0 Å². The lowest BCUT2D eigenvalue weighted by atomic mass is 9.77. The molecule has 108 valence electrons. The van der Waals surface area contributed by atoms with E-state index in [-0.39, 0.29) is 5.95 Å². The predicted octanol–water partition coefficient (Wildman–Crippen LogP) is 1.63. The summed E-state index contributed by atoms with van der Waals surface area (Å²) in [4.78, 5) is 31.1. The van der Waals surface area contributed by atoms with Crippen LogP contribution in [0.25, 0.3) is 0 Å². The maximum atomic E-state index is 11.9. The Bertz CT molecular complexity index is 484. The molecular weight excluding hydrogens is 260 g/mol. The fraction of sp³-hybridized carbons (Fsp3) is 0.538. The quantitative estimate of drug-likeness (QED) is 0.779. The molecule has 1 saturated carbocycles. The van der Waals surface area contributed by atoms with E-state index in [2.05, 4.69) is 27.5 Å². The molecule has 0 unspecified atom stereocenters. The van der Waals surface area contributed by atoms with E-state index < -0.39 is 17.5 Å². The van der Waals surface area contributed by atoms with Crippen molar-refractivity contribution in [3.63, 3.8) is 0 Å². The number of carbonyl (C=O) groups is 2. The van der Waals surface area contributed by atoms with Crippen LogP contribution in [0.4, 0.5) is 10.7 Å². The summed E-state index contributed by atoms with van der Waals surface area (Å²) < 4.78 is 0. The molecule has 0 spiro atoms. The first kappa shape index (κ1) is 14.2. The molecule has 0 aromatic carbocycles. The van der Waals surface area contributed by atoms with E-state index in [1.807, 2.05) is 0 Å². The van der Waals surface area contributed by atoms with Gasteiger partial charge in [0.2, 0.25) is 5.95 Å². The van der Waals surface area contributed by atoms with Crippen LogP contribution in [0.15, 0.2) is 18.5 Å². The zero-order valence-electron chi connectivity index (χ0n) is 11.3. The third kappa shape index (κ3) is 3.23. The molecule has 0 bridgehead atoms. The third-order valence-electron chi connectivity index (χ3n) is 3.68. The maximum Gasteiger partial charge on any atom is 0.329 e. The molecule has 1 aromatic rings. The number of carboxylic acids is 1. The monoisotopic (exact) mass is 278 g/mol. The van der Waals surface area contributed by atoms with Gasteiger partial charge in [0.15, 0.2) is 0 Å². The first-order chi connectivity index (χ1) is 9.52. The Kier molecular flexibility index (Phi) is 4.16. The lowest BCUT2D eigenvalue weighted by Gasteiger charge is -2.36. The van der Waals surface area contributed by atoms with Crippen molar-refractivity contribution >= 4 is 17.9 Å². The zero-order chi connectivity index (χ0) is 14.6. The van der Waals surface area contributed by atoms with Gasteiger partial charge >= 0.3 is 12.0 Å². The number of amides is 2. The van der Waals surface area contributed by atoms with Gasteiger partial charge in [-0.25, -0.2) is 19.6 Å². The Labute approximate surface area is 116 Å². The topological polar surface area (TPSA) is 104 Å². The molecule has 1 aliphatic rings. The lowest BCUT2D eigenvalue weighted by molar-refractivity contribution is -0.146. The van der Waals surface area contributed by atoms with Crippen molar-refractivity contribution < 1.29 is 14.7 Å². The van der Waals surface area contributed by atoms with Crippen LogP contribution in [0.2, 0.25) is 0 Å². The minimum absolute atomic E-state index is 0.148. The van der Waals surface area contributed by atoms with Crippen LogP contribution in [-0.4, -0.2) is 32.6 Å². The van der Waals surface area contributed by atoms with Crippen LogP contribution in [0.1, 0.15) is 32.6 Å². The summed E-state index contributed by atoms with van der Waals surface area (Å²) in [6.07, 6.45) is 5.44. The molecule has 0 radical (unpaired) electrons. The number of hydrogen-bond acceptors (Lipinski definition) is 4. The normalized spacial score (nSPS) is 25.8. The number of urea groups is 1. The number of hydrogen-bond donors (Lipinski definition) is 3. The summed E-state index contributed by atoms with van der Waals surface area (Å²) in [5.74, 6) is -0.354. The molecule has 1 fully saturated rings. The average molecular weight is 278 g/mol. The van der Waals surface area contributed by atoms with Crippen LogP contribution < -0.4 is 10.6 Å². The summed E-state index contributed by atoms with van der Waals surface area (Å²) in [5, 5.41) is 14.4. The number of anilines is 1. The minimum atomic E-state index is -1.19. The van der Waals surface area contributed by atoms with Crippen molar-refractivity contribution in [3.05, 3.63) is 18.5 Å². The van der Waals surface area contributed by atoms with Crippen molar-refractivity contribution in [3.8, 4) is 0 Å². The van der Waals surface area contributed by atoms with E-state index in [0.29, 0.717) is 18.8 Å². The van der Waals surface area contributed by atoms with E-state index in [0.717, 1.165) is 12.8 Å². The molecule has 2 amide bonds. The average Bonchev–Trinajstić information content (AvgIpc) is 2.42. The molecule has 7 nitrogen and oxygen atoms in total. The molecule has 3 N–H and O–H groups in total. The molecular formula is C13H18N4O3. The Morgan fingerprint density at radius 3 is 2.45 bits per heavy atom. The van der Waals surface area contributed by atoms with Crippen LogP contribution in [0.3, 0.4) is 0 Å². The predicted molar refractivity (Wildman–Crippen MR) is 72.2 cm³/mol. The molecule has 2 rings (SSSR count). The van der Waals surface area contributed by atoms with Gasteiger partial charge in [-0.2, -0.15) is 0 Å². The SMILES string of the molecule is CC1CCC(NC(=O)Nc2ncccn2)(C(=O)O)CC1. The van der Waals surface area contributed by atoms with Gasteiger partial charge in [-0.05, 0) is 37.7 Å². The highest BCUT2D eigenvalue weighted by Gasteiger charge is 2.42. The van der Waals surface area contributed by atoms with Crippen molar-refractivity contribution in [2.24, 2.45) is 5.92 Å². The van der Waals surface area contributed by atoms with E-state index in [1.54, 1.807) is 6.07 Å². The molecule has 1 aromatic heterocycles. The molecule has 20 heavy (non-hydrogen) atoms. The highest BCUT2D eigenvalue weighted by atomic mass is 16.4. The second-order valence-electron chi connectivity index (χ2n) is 5.22. The van der Waals surface area contributed by atoms with Gasteiger partial charge < -0.3 is 10.4 Å². The Balaban J connectivity index is 2.02. The number of carboxylic acid groups (broad SMARTS) is 1. The molecule has 1 heterocycles. The van der Waals surface area contributed by atoms with Crippen molar-refractivity contribution in [1.82, 2.24) is 15.3 Å². The van der Waals surface area contributed by atoms with Gasteiger partial charge in [0, 0.05) is 12.4 Å². The van der Waals surface area contributed by atoms with Gasteiger partial charge in [-0.1, -0.05) is 6.92 Å². The van der Waals surface area contributed by atoms with E-state index in [9.17, 15) is 14.7 Å². The summed E-state index contributed by atoms with van der Waals surface area (Å²) in [6, 6.07) is 1.04. The number of rotatable bonds is 3. The summed E-state index contributed by atoms with van der Waals surface area (Å²) in [5.41, 5.74) is -1.19. The van der Waals surface area contributed by atoms with Crippen molar-refractivity contribution in [2.75, 3.05) is 5.32 Å². The van der Waals surface area contributed by atoms with Gasteiger partial charge in [-0.3, -0.25) is 5.32 Å². The Morgan fingerprint density at radius 2 is 1.90 bits per heavy atom. The number of aliphatic carboxylic acids is 1. The number of aromatic nitrogens is 2. The Morgan fingerprint density at radius 1 is 1.30 bits per heavy atom. The number of nitrogens with zero attached hydrogens (tertiary/aromatic N) is 2. The van der Waals surface area contributed by atoms with Crippen LogP contribution in [-0.2, 0) is 4.79 Å². The first-order valence-corrected chi connectivity index (χ1v) is 6.61. The number of carbonyl (C=O) groups excluding carboxylic acids is 1. The van der Waals surface area contributed by atoms with Crippen LogP contribution in [0.5, 0.6) is 0 Å². The standard InChI is InChI=1S/C13H18N4O3/c1-9-3-5-13(6-4-9,10(18)19)17-12(20)16-11-14-7-2-8-15-11/h2,7-9H,3-6H2,1H3,(H,18,19)(H2,14,15,16,17,20). The molecule has 0 saturated heterocycles. The lowest BCUT2D eigenvalue weighted by Crippen LogP contribution is -2.57. The zero-order valence-corrected chi connectivity index (χ0v) is 11.3. The number of nitrogens with one attached hydrogen (secondary N) is 2. The molecule has 0 atom stereocenters. The summed E-state index contributed by atoms with van der Waals surface area (Å²) in [6.45, 7) is 2.09. The van der Waals surface area contributed by atoms with E-state index >= 15 is 0 Å². The fourth-order valence-electron chi connectivity index (χ4n) is 2.36. The third-order valence-corrected chi connectivity index (χ3v) is 3.68. The maximum absolute atomic E-state index is 11.9. The molecule has 7 heteroatoms. The second-order valence-corrected chi connectivity index (χ2v) is 5.22. The van der Waals surface area contributed by atoms with Gasteiger partial charge in [-0.15, -0.1) is 0 Å². The van der Waals surface area contributed by atoms with Gasteiger partial charge in [0.1, 0.15) is 5.54 Å². The van der Waals surface area contributed by atoms with Gasteiger partial charge in [0.25, 0.3) is 0 Å². The second kappa shape index (κ2) is 5.85. The molecule has 0 aliphatic heterocycles. The highest BCUT2D eigenvalue weighted by Crippen LogP contribution is 2.32. The van der Waals surface area contributed by atoms with Crippen molar-refractivity contribution in [1.29, 1.82) is 0 Å². The summed E-state index contributed by atoms with van der Waals surface area (Å²) >= 11 is 0. The first-order valence-electron chi connectivity index (χ1n) is 6.61. The van der Waals surface area contributed by atoms with E-state index in [4.69, 9.17) is 0 Å². The minimum Gasteiger partial charge on any atom is -0.480 e. The largest absolute Gasteiger partial charge is 0.480 e. The van der Waals surface area contributed by atoms with Crippen LogP contribution in [0, 0.1) is 5.92 Å². The smallest absolute Gasteiger partial charge is 0.329 e. The highest BCUT2D eigenvalue weighted by molar-refractivity contribution is 5.92. The van der Waals surface area contributed by atoms with Crippen molar-refractivity contribution in [2.45, 2.75) is 38.1 Å². The van der Waals surface area contributed by atoms with Gasteiger partial charge in [0.05, 0.1) is 0 Å². The summed E-state index contributed by atoms with van der Waals surface area (Å²) in [7, 11) is 0.